The number of hydrogen-bond acceptors (Lipinski definition) is 3. The molecule has 2 aromatic carbocycles. The first-order valence-corrected chi connectivity index (χ1v) is 6.25. The quantitative estimate of drug-likeness (QED) is 0.654. The first kappa shape index (κ1) is 13.1. The summed E-state index contributed by atoms with van der Waals surface area (Å²) in [5, 5.41) is 13.9. The van der Waals surface area contributed by atoms with Crippen molar-refractivity contribution in [2.45, 2.75) is 19.9 Å². The van der Waals surface area contributed by atoms with Gasteiger partial charge in [0.1, 0.15) is 0 Å². The lowest BCUT2D eigenvalue weighted by Gasteiger charge is -2.07. The van der Waals surface area contributed by atoms with Crippen molar-refractivity contribution in [2.24, 2.45) is 0 Å². The van der Waals surface area contributed by atoms with Gasteiger partial charge in [0.2, 0.25) is 0 Å². The molecule has 4 nitrogen and oxygen atoms in total. The van der Waals surface area contributed by atoms with Crippen LogP contribution in [0.15, 0.2) is 48.5 Å². The molecule has 0 fully saturated rings. The van der Waals surface area contributed by atoms with Crippen molar-refractivity contribution < 1.29 is 4.92 Å². The van der Waals surface area contributed by atoms with Crippen LogP contribution >= 0.6 is 0 Å². The summed E-state index contributed by atoms with van der Waals surface area (Å²) in [6.07, 6.45) is 1.01. The minimum atomic E-state index is -0.387. The molecule has 1 N–H and O–H groups in total. The second kappa shape index (κ2) is 6.00. The van der Waals surface area contributed by atoms with E-state index in [1.165, 1.54) is 17.7 Å². The summed E-state index contributed by atoms with van der Waals surface area (Å²) in [6, 6.07) is 14.9. The zero-order valence-corrected chi connectivity index (χ0v) is 10.8. The van der Waals surface area contributed by atoms with Crippen LogP contribution in [0.3, 0.4) is 0 Å². The maximum atomic E-state index is 10.6. The Bertz CT molecular complexity index is 565. The van der Waals surface area contributed by atoms with E-state index in [2.05, 4.69) is 24.4 Å². The number of nitrogens with one attached hydrogen (secondary N) is 1. The van der Waals surface area contributed by atoms with Crippen molar-refractivity contribution in [3.05, 3.63) is 69.8 Å². The number of aryl methyl sites for hydroxylation is 1. The van der Waals surface area contributed by atoms with Crippen LogP contribution in [0.2, 0.25) is 0 Å². The van der Waals surface area contributed by atoms with Crippen molar-refractivity contribution in [3.63, 3.8) is 0 Å². The van der Waals surface area contributed by atoms with Gasteiger partial charge in [-0.1, -0.05) is 31.2 Å². The summed E-state index contributed by atoms with van der Waals surface area (Å²) in [7, 11) is 0. The number of rotatable bonds is 5. The summed E-state index contributed by atoms with van der Waals surface area (Å²) in [5.74, 6) is 0. The number of hydrogen-bond donors (Lipinski definition) is 1. The van der Waals surface area contributed by atoms with Gasteiger partial charge >= 0.3 is 0 Å². The van der Waals surface area contributed by atoms with Crippen molar-refractivity contribution in [1.82, 2.24) is 0 Å². The molecule has 0 bridgehead atoms. The van der Waals surface area contributed by atoms with Crippen LogP contribution in [0.25, 0.3) is 0 Å². The van der Waals surface area contributed by atoms with E-state index in [0.717, 1.165) is 17.7 Å². The Morgan fingerprint density at radius 3 is 2.47 bits per heavy atom. The summed E-state index contributed by atoms with van der Waals surface area (Å²) in [6.45, 7) is 2.78. The number of non-ortho nitro benzene ring substituents is 1. The Labute approximate surface area is 112 Å². The van der Waals surface area contributed by atoms with E-state index in [9.17, 15) is 10.1 Å². The highest BCUT2D eigenvalue weighted by Gasteiger charge is 2.03. The third-order valence-corrected chi connectivity index (χ3v) is 2.98. The molecule has 2 rings (SSSR count). The lowest BCUT2D eigenvalue weighted by molar-refractivity contribution is -0.384. The monoisotopic (exact) mass is 256 g/mol. The van der Waals surface area contributed by atoms with E-state index in [4.69, 9.17) is 0 Å². The number of nitro groups is 1. The lowest BCUT2D eigenvalue weighted by atomic mass is 10.1. The molecule has 2 aromatic rings. The van der Waals surface area contributed by atoms with E-state index in [1.807, 2.05) is 12.1 Å². The standard InChI is InChI=1S/C15H16N2O2/c1-2-12-4-3-5-14(10-12)16-11-13-6-8-15(9-7-13)17(18)19/h3-10,16H,2,11H2,1H3. The van der Waals surface area contributed by atoms with E-state index < -0.39 is 0 Å². The highest BCUT2D eigenvalue weighted by atomic mass is 16.6. The average molecular weight is 256 g/mol. The number of nitro benzene ring substituents is 1. The molecule has 4 heteroatoms. The maximum Gasteiger partial charge on any atom is 0.269 e. The van der Waals surface area contributed by atoms with E-state index >= 15 is 0 Å². The smallest absolute Gasteiger partial charge is 0.269 e. The Morgan fingerprint density at radius 2 is 1.84 bits per heavy atom. The van der Waals surface area contributed by atoms with Gasteiger partial charge in [0.15, 0.2) is 0 Å². The number of benzene rings is 2. The fraction of sp³-hybridized carbons (Fsp3) is 0.200. The third-order valence-electron chi connectivity index (χ3n) is 2.98. The van der Waals surface area contributed by atoms with Gasteiger partial charge in [0.25, 0.3) is 5.69 Å². The van der Waals surface area contributed by atoms with Crippen LogP contribution in [-0.4, -0.2) is 4.92 Å². The highest BCUT2D eigenvalue weighted by Crippen LogP contribution is 2.15. The van der Waals surface area contributed by atoms with Gasteiger partial charge in [0, 0.05) is 24.4 Å². The van der Waals surface area contributed by atoms with Crippen LogP contribution in [0.1, 0.15) is 18.1 Å². The van der Waals surface area contributed by atoms with Crippen LogP contribution in [0, 0.1) is 10.1 Å². The first-order valence-electron chi connectivity index (χ1n) is 6.25. The summed E-state index contributed by atoms with van der Waals surface area (Å²) in [4.78, 5) is 10.2. The highest BCUT2D eigenvalue weighted by molar-refractivity contribution is 5.46. The Kier molecular flexibility index (Phi) is 4.13. The molecule has 0 unspecified atom stereocenters. The SMILES string of the molecule is CCc1cccc(NCc2ccc([N+](=O)[O-])cc2)c1. The lowest BCUT2D eigenvalue weighted by Crippen LogP contribution is -2.00. The van der Waals surface area contributed by atoms with Crippen LogP contribution in [-0.2, 0) is 13.0 Å². The molecule has 0 saturated heterocycles. The molecule has 0 amide bonds. The van der Waals surface area contributed by atoms with Gasteiger partial charge in [-0.05, 0) is 29.7 Å². The zero-order valence-electron chi connectivity index (χ0n) is 10.8. The van der Waals surface area contributed by atoms with Gasteiger partial charge in [-0.15, -0.1) is 0 Å². The number of nitrogens with zero attached hydrogens (tertiary/aromatic N) is 1. The normalized spacial score (nSPS) is 10.2. The molecule has 98 valence electrons. The molecule has 0 atom stereocenters. The van der Waals surface area contributed by atoms with Gasteiger partial charge < -0.3 is 5.32 Å². The molecular weight excluding hydrogens is 240 g/mol. The van der Waals surface area contributed by atoms with E-state index in [1.54, 1.807) is 12.1 Å². The average Bonchev–Trinajstić information content (AvgIpc) is 2.46. The van der Waals surface area contributed by atoms with Gasteiger partial charge in [0.05, 0.1) is 4.92 Å². The van der Waals surface area contributed by atoms with Gasteiger partial charge in [-0.2, -0.15) is 0 Å². The minimum Gasteiger partial charge on any atom is -0.381 e. The fourth-order valence-corrected chi connectivity index (χ4v) is 1.84. The Balaban J connectivity index is 1.99. The molecule has 0 aliphatic carbocycles. The van der Waals surface area contributed by atoms with Crippen molar-refractivity contribution in [1.29, 1.82) is 0 Å². The molecule has 19 heavy (non-hydrogen) atoms. The molecule has 0 aliphatic heterocycles. The minimum absolute atomic E-state index is 0.122. The van der Waals surface area contributed by atoms with Crippen molar-refractivity contribution >= 4 is 11.4 Å². The molecule has 0 spiro atoms. The van der Waals surface area contributed by atoms with Crippen LogP contribution in [0.5, 0.6) is 0 Å². The largest absolute Gasteiger partial charge is 0.381 e. The summed E-state index contributed by atoms with van der Waals surface area (Å²) in [5.41, 5.74) is 3.50. The summed E-state index contributed by atoms with van der Waals surface area (Å²) >= 11 is 0. The third kappa shape index (κ3) is 3.55. The van der Waals surface area contributed by atoms with Gasteiger partial charge in [-0.3, -0.25) is 10.1 Å². The molecule has 0 saturated carbocycles. The second-order valence-corrected chi connectivity index (χ2v) is 4.33. The molecule has 0 heterocycles. The molecule has 0 aliphatic rings. The first-order chi connectivity index (χ1) is 9.19. The zero-order chi connectivity index (χ0) is 13.7. The van der Waals surface area contributed by atoms with Crippen LogP contribution < -0.4 is 5.32 Å². The summed E-state index contributed by atoms with van der Waals surface area (Å²) < 4.78 is 0. The Hall–Kier alpha value is -2.36. The molecule has 0 radical (unpaired) electrons. The Morgan fingerprint density at radius 1 is 1.11 bits per heavy atom. The number of anilines is 1. The molecule has 0 aromatic heterocycles. The van der Waals surface area contributed by atoms with Crippen molar-refractivity contribution in [3.8, 4) is 0 Å². The van der Waals surface area contributed by atoms with Crippen LogP contribution in [0.4, 0.5) is 11.4 Å². The maximum absolute atomic E-state index is 10.6. The molecular formula is C15H16N2O2. The predicted octanol–water partition coefficient (Wildman–Crippen LogP) is 3.77. The van der Waals surface area contributed by atoms with E-state index in [0.29, 0.717) is 6.54 Å². The van der Waals surface area contributed by atoms with Gasteiger partial charge in [-0.25, -0.2) is 0 Å². The van der Waals surface area contributed by atoms with Crippen molar-refractivity contribution in [2.75, 3.05) is 5.32 Å². The topological polar surface area (TPSA) is 55.2 Å². The fourth-order valence-electron chi connectivity index (χ4n) is 1.84. The van der Waals surface area contributed by atoms with E-state index in [-0.39, 0.29) is 10.6 Å². The predicted molar refractivity (Wildman–Crippen MR) is 76.2 cm³/mol. The second-order valence-electron chi connectivity index (χ2n) is 4.33.